The average Bonchev–Trinajstić information content (AvgIpc) is 3.36. The molecular formula is C21H28FNO3. The van der Waals surface area contributed by atoms with Gasteiger partial charge in [-0.15, -0.1) is 0 Å². The Balaban J connectivity index is 1.32. The lowest BCUT2D eigenvalue weighted by Gasteiger charge is -2.49. The number of carbonyl (C=O) groups excluding carboxylic acids is 1. The van der Waals surface area contributed by atoms with Gasteiger partial charge in [0.05, 0.1) is 18.6 Å². The van der Waals surface area contributed by atoms with E-state index < -0.39 is 0 Å². The largest absolute Gasteiger partial charge is 0.490 e. The van der Waals surface area contributed by atoms with Crippen LogP contribution in [0.1, 0.15) is 56.9 Å². The second-order valence-electron chi connectivity index (χ2n) is 8.42. The smallest absolute Gasteiger partial charge is 0.228 e. The molecule has 2 aliphatic carbocycles. The van der Waals surface area contributed by atoms with Gasteiger partial charge in [-0.05, 0) is 68.2 Å². The van der Waals surface area contributed by atoms with E-state index in [1.165, 1.54) is 6.07 Å². The highest BCUT2D eigenvalue weighted by atomic mass is 19.1. The number of halogens is 1. The number of ether oxygens (including phenoxy) is 1. The standard InChI is InChI=1S/C21H28FNO3/c1-2-14(11-24)20(25)23-12-21(13-23)8-7-17(10-21)26-16-5-6-19(22)18(9-16)15-3-4-15/h5-6,9,14-15,17,24H,2-4,7-8,10-13H2,1H3/t14-,17?/m1/s1. The molecule has 0 aromatic heterocycles. The minimum Gasteiger partial charge on any atom is -0.490 e. The Bertz CT molecular complexity index is 678. The van der Waals surface area contributed by atoms with E-state index in [-0.39, 0.29) is 35.8 Å². The van der Waals surface area contributed by atoms with Crippen molar-refractivity contribution < 1.29 is 19.0 Å². The van der Waals surface area contributed by atoms with Crippen LogP contribution in [0.2, 0.25) is 0 Å². The van der Waals surface area contributed by atoms with E-state index in [4.69, 9.17) is 4.74 Å². The number of likely N-dealkylation sites (tertiary alicyclic amines) is 1. The first-order chi connectivity index (χ1) is 12.5. The minimum absolute atomic E-state index is 0.0710. The Morgan fingerprint density at radius 2 is 2.15 bits per heavy atom. The van der Waals surface area contributed by atoms with Crippen LogP contribution in [-0.4, -0.2) is 41.7 Å². The van der Waals surface area contributed by atoms with Gasteiger partial charge in [0, 0.05) is 18.5 Å². The summed E-state index contributed by atoms with van der Waals surface area (Å²) in [6.07, 6.45) is 5.96. The molecule has 5 heteroatoms. The molecule has 1 aromatic rings. The third-order valence-corrected chi connectivity index (χ3v) is 6.37. The molecule has 1 unspecified atom stereocenters. The fraction of sp³-hybridized carbons (Fsp3) is 0.667. The van der Waals surface area contributed by atoms with Gasteiger partial charge < -0.3 is 14.7 Å². The number of aliphatic hydroxyl groups is 1. The lowest BCUT2D eigenvalue weighted by Crippen LogP contribution is -2.59. The number of rotatable bonds is 6. The summed E-state index contributed by atoms with van der Waals surface area (Å²) in [4.78, 5) is 14.2. The quantitative estimate of drug-likeness (QED) is 0.844. The molecule has 3 fully saturated rings. The van der Waals surface area contributed by atoms with E-state index in [0.29, 0.717) is 12.3 Å². The first-order valence-electron chi connectivity index (χ1n) is 9.89. The Morgan fingerprint density at radius 1 is 1.38 bits per heavy atom. The van der Waals surface area contributed by atoms with E-state index in [0.717, 1.165) is 56.5 Å². The Kier molecular flexibility index (Phi) is 4.68. The topological polar surface area (TPSA) is 49.8 Å². The van der Waals surface area contributed by atoms with Crippen molar-refractivity contribution in [3.05, 3.63) is 29.6 Å². The van der Waals surface area contributed by atoms with Gasteiger partial charge in [-0.3, -0.25) is 4.79 Å². The summed E-state index contributed by atoms with van der Waals surface area (Å²) in [5.41, 5.74) is 0.971. The van der Waals surface area contributed by atoms with E-state index >= 15 is 0 Å². The first-order valence-corrected chi connectivity index (χ1v) is 9.89. The van der Waals surface area contributed by atoms with Gasteiger partial charge in [-0.25, -0.2) is 4.39 Å². The van der Waals surface area contributed by atoms with Crippen LogP contribution in [0.25, 0.3) is 0 Å². The number of carbonyl (C=O) groups is 1. The molecule has 0 radical (unpaired) electrons. The molecule has 4 rings (SSSR count). The predicted octanol–water partition coefficient (Wildman–Crippen LogP) is 3.48. The number of benzene rings is 1. The Morgan fingerprint density at radius 3 is 2.81 bits per heavy atom. The summed E-state index contributed by atoms with van der Waals surface area (Å²) in [6, 6.07) is 5.13. The number of nitrogens with zero attached hydrogens (tertiary/aromatic N) is 1. The second-order valence-corrected chi connectivity index (χ2v) is 8.42. The minimum atomic E-state index is -0.263. The van der Waals surface area contributed by atoms with E-state index in [1.54, 1.807) is 6.07 Å². The molecule has 1 heterocycles. The highest BCUT2D eigenvalue weighted by molar-refractivity contribution is 5.80. The average molecular weight is 361 g/mol. The van der Waals surface area contributed by atoms with Crippen molar-refractivity contribution in [2.75, 3.05) is 19.7 Å². The van der Waals surface area contributed by atoms with Gasteiger partial charge in [-0.1, -0.05) is 6.92 Å². The highest BCUT2D eigenvalue weighted by Crippen LogP contribution is 2.47. The molecule has 1 amide bonds. The first kappa shape index (κ1) is 17.8. The molecule has 26 heavy (non-hydrogen) atoms. The summed E-state index contributed by atoms with van der Waals surface area (Å²) in [6.45, 7) is 3.42. The summed E-state index contributed by atoms with van der Waals surface area (Å²) < 4.78 is 20.0. The third-order valence-electron chi connectivity index (χ3n) is 6.37. The molecule has 4 nitrogen and oxygen atoms in total. The van der Waals surface area contributed by atoms with Gasteiger partial charge in [0.1, 0.15) is 11.6 Å². The molecule has 0 bridgehead atoms. The number of hydrogen-bond acceptors (Lipinski definition) is 3. The fourth-order valence-corrected chi connectivity index (χ4v) is 4.60. The van der Waals surface area contributed by atoms with Gasteiger partial charge in [0.25, 0.3) is 0 Å². The normalized spacial score (nSPS) is 25.2. The molecular weight excluding hydrogens is 333 g/mol. The van der Waals surface area contributed by atoms with E-state index in [9.17, 15) is 14.3 Å². The third kappa shape index (κ3) is 3.34. The van der Waals surface area contributed by atoms with Gasteiger partial charge >= 0.3 is 0 Å². The lowest BCUT2D eigenvalue weighted by molar-refractivity contribution is -0.149. The van der Waals surface area contributed by atoms with Crippen LogP contribution in [0.4, 0.5) is 4.39 Å². The summed E-state index contributed by atoms with van der Waals surface area (Å²) in [7, 11) is 0. The maximum atomic E-state index is 13.9. The van der Waals surface area contributed by atoms with Crippen LogP contribution < -0.4 is 4.74 Å². The van der Waals surface area contributed by atoms with Gasteiger partial charge in [-0.2, -0.15) is 0 Å². The van der Waals surface area contributed by atoms with Crippen molar-refractivity contribution in [3.8, 4) is 5.75 Å². The predicted molar refractivity (Wildman–Crippen MR) is 96.5 cm³/mol. The zero-order chi connectivity index (χ0) is 18.3. The molecule has 1 spiro atoms. The summed E-state index contributed by atoms with van der Waals surface area (Å²) in [5.74, 6) is 0.843. The van der Waals surface area contributed by atoms with Crippen molar-refractivity contribution in [3.63, 3.8) is 0 Å². The monoisotopic (exact) mass is 361 g/mol. The molecule has 1 saturated heterocycles. The molecule has 2 atom stereocenters. The molecule has 1 N–H and O–H groups in total. The van der Waals surface area contributed by atoms with Crippen LogP contribution in [0.3, 0.4) is 0 Å². The number of hydrogen-bond donors (Lipinski definition) is 1. The van der Waals surface area contributed by atoms with Crippen molar-refractivity contribution in [1.82, 2.24) is 4.90 Å². The number of aliphatic hydroxyl groups excluding tert-OH is 1. The van der Waals surface area contributed by atoms with Crippen LogP contribution in [0.15, 0.2) is 18.2 Å². The molecule has 2 saturated carbocycles. The zero-order valence-corrected chi connectivity index (χ0v) is 15.4. The SMILES string of the molecule is CC[C@H](CO)C(=O)N1CC2(CCC(Oc3ccc(F)c(C4CC4)c3)C2)C1. The summed E-state index contributed by atoms with van der Waals surface area (Å²) in [5, 5.41) is 9.32. The van der Waals surface area contributed by atoms with Crippen molar-refractivity contribution >= 4 is 5.91 Å². The van der Waals surface area contributed by atoms with Gasteiger partial charge in [0.2, 0.25) is 5.91 Å². The molecule has 1 aliphatic heterocycles. The number of amides is 1. The van der Waals surface area contributed by atoms with Crippen molar-refractivity contribution in [1.29, 1.82) is 0 Å². The summed E-state index contributed by atoms with van der Waals surface area (Å²) >= 11 is 0. The fourth-order valence-electron chi connectivity index (χ4n) is 4.60. The zero-order valence-electron chi connectivity index (χ0n) is 15.4. The molecule has 142 valence electrons. The molecule has 3 aliphatic rings. The molecule has 1 aromatic carbocycles. The lowest BCUT2D eigenvalue weighted by atomic mass is 9.77. The maximum absolute atomic E-state index is 13.9. The Hall–Kier alpha value is -1.62. The highest BCUT2D eigenvalue weighted by Gasteiger charge is 2.50. The van der Waals surface area contributed by atoms with Crippen LogP contribution in [0, 0.1) is 17.2 Å². The van der Waals surface area contributed by atoms with E-state index in [2.05, 4.69) is 0 Å². The maximum Gasteiger partial charge on any atom is 0.228 e. The Labute approximate surface area is 154 Å². The van der Waals surface area contributed by atoms with Crippen LogP contribution in [0.5, 0.6) is 5.75 Å². The van der Waals surface area contributed by atoms with Crippen LogP contribution >= 0.6 is 0 Å². The van der Waals surface area contributed by atoms with Crippen molar-refractivity contribution in [2.45, 2.75) is 57.5 Å². The van der Waals surface area contributed by atoms with E-state index in [1.807, 2.05) is 17.9 Å². The van der Waals surface area contributed by atoms with Crippen LogP contribution in [-0.2, 0) is 4.79 Å². The van der Waals surface area contributed by atoms with Gasteiger partial charge in [0.15, 0.2) is 0 Å². The second kappa shape index (κ2) is 6.84. The van der Waals surface area contributed by atoms with Crippen molar-refractivity contribution in [2.24, 2.45) is 11.3 Å².